The van der Waals surface area contributed by atoms with Gasteiger partial charge in [0.25, 0.3) is 0 Å². The Morgan fingerprint density at radius 3 is 2.53 bits per heavy atom. The van der Waals surface area contributed by atoms with Gasteiger partial charge in [-0.15, -0.1) is 11.6 Å². The van der Waals surface area contributed by atoms with E-state index in [2.05, 4.69) is 5.32 Å². The first kappa shape index (κ1) is 14.2. The lowest BCUT2D eigenvalue weighted by molar-refractivity contribution is -0.134. The van der Waals surface area contributed by atoms with Crippen molar-refractivity contribution in [2.24, 2.45) is 0 Å². The van der Waals surface area contributed by atoms with Crippen molar-refractivity contribution in [3.8, 4) is 0 Å². The van der Waals surface area contributed by atoms with Crippen LogP contribution >= 0.6 is 11.6 Å². The van der Waals surface area contributed by atoms with Crippen LogP contribution in [0.1, 0.15) is 26.7 Å². The summed E-state index contributed by atoms with van der Waals surface area (Å²) in [5.74, 6) is 0.266. The molecule has 1 N–H and O–H groups in total. The van der Waals surface area contributed by atoms with Crippen molar-refractivity contribution in [1.82, 2.24) is 10.2 Å². The third-order valence-electron chi connectivity index (χ3n) is 2.14. The molecule has 1 atom stereocenters. The molecule has 0 spiro atoms. The molecule has 0 aliphatic carbocycles. The second-order valence-electron chi connectivity index (χ2n) is 3.43. The Labute approximate surface area is 96.0 Å². The smallest absolute Gasteiger partial charge is 0.244 e. The van der Waals surface area contributed by atoms with E-state index in [-0.39, 0.29) is 11.8 Å². The number of nitrogens with one attached hydrogen (secondary N) is 1. The third-order valence-corrected chi connectivity index (χ3v) is 2.40. The average molecular weight is 235 g/mol. The van der Waals surface area contributed by atoms with Crippen molar-refractivity contribution >= 4 is 23.4 Å². The lowest BCUT2D eigenvalue weighted by atomic mass is 10.2. The summed E-state index contributed by atoms with van der Waals surface area (Å²) in [6.45, 7) is 4.22. The van der Waals surface area contributed by atoms with E-state index in [0.717, 1.165) is 0 Å². The van der Waals surface area contributed by atoms with Gasteiger partial charge in [-0.05, 0) is 20.3 Å². The highest BCUT2D eigenvalue weighted by Gasteiger charge is 2.17. The Balaban J connectivity index is 3.96. The quantitative estimate of drug-likeness (QED) is 0.697. The van der Waals surface area contributed by atoms with Crippen molar-refractivity contribution in [3.63, 3.8) is 0 Å². The third kappa shape index (κ3) is 5.62. The zero-order valence-electron chi connectivity index (χ0n) is 9.55. The second-order valence-corrected chi connectivity index (χ2v) is 3.81. The van der Waals surface area contributed by atoms with Gasteiger partial charge < -0.3 is 10.2 Å². The molecule has 1 unspecified atom stereocenters. The highest BCUT2D eigenvalue weighted by Crippen LogP contribution is 1.95. The predicted molar refractivity (Wildman–Crippen MR) is 60.9 cm³/mol. The Kier molecular flexibility index (Phi) is 7.13. The first-order chi connectivity index (χ1) is 7.02. The molecule has 2 amide bonds. The molecule has 0 aromatic carbocycles. The summed E-state index contributed by atoms with van der Waals surface area (Å²) in [5, 5.41) is 2.64. The van der Waals surface area contributed by atoms with Crippen LogP contribution in [0.4, 0.5) is 0 Å². The molecule has 0 rings (SSSR count). The highest BCUT2D eigenvalue weighted by atomic mass is 35.5. The van der Waals surface area contributed by atoms with E-state index in [9.17, 15) is 9.59 Å². The molecule has 0 saturated heterocycles. The normalized spacial score (nSPS) is 12.0. The van der Waals surface area contributed by atoms with E-state index in [1.807, 2.05) is 6.92 Å². The van der Waals surface area contributed by atoms with Gasteiger partial charge in [0.1, 0.15) is 6.04 Å². The van der Waals surface area contributed by atoms with E-state index in [0.29, 0.717) is 25.3 Å². The molecule has 5 heteroatoms. The van der Waals surface area contributed by atoms with Gasteiger partial charge in [0.2, 0.25) is 11.8 Å². The van der Waals surface area contributed by atoms with Crippen LogP contribution in [0.5, 0.6) is 0 Å². The Morgan fingerprint density at radius 2 is 2.07 bits per heavy atom. The minimum absolute atomic E-state index is 0.0725. The number of hydrogen-bond acceptors (Lipinski definition) is 2. The Morgan fingerprint density at radius 1 is 1.47 bits per heavy atom. The zero-order valence-corrected chi connectivity index (χ0v) is 10.3. The largest absolute Gasteiger partial charge is 0.345 e. The van der Waals surface area contributed by atoms with Crippen LogP contribution in [0.15, 0.2) is 0 Å². The monoisotopic (exact) mass is 234 g/mol. The zero-order chi connectivity index (χ0) is 11.8. The lowest BCUT2D eigenvalue weighted by Crippen LogP contribution is -2.45. The number of likely N-dealkylation sites (N-methyl/N-ethyl adjacent to an activating group) is 1. The molecular weight excluding hydrogens is 216 g/mol. The van der Waals surface area contributed by atoms with Gasteiger partial charge in [-0.3, -0.25) is 9.59 Å². The first-order valence-electron chi connectivity index (χ1n) is 5.13. The SMILES string of the molecule is CCN(C)C(=O)C(C)NC(=O)CCCCl. The summed E-state index contributed by atoms with van der Waals surface area (Å²) in [4.78, 5) is 24.4. The molecular formula is C10H19ClN2O2. The molecule has 0 aromatic rings. The van der Waals surface area contributed by atoms with Crippen LogP contribution in [0, 0.1) is 0 Å². The number of amides is 2. The van der Waals surface area contributed by atoms with Crippen LogP contribution in [0.3, 0.4) is 0 Å². The maximum atomic E-state index is 11.6. The molecule has 0 bridgehead atoms. The lowest BCUT2D eigenvalue weighted by Gasteiger charge is -2.20. The van der Waals surface area contributed by atoms with Crippen molar-refractivity contribution in [3.05, 3.63) is 0 Å². The van der Waals surface area contributed by atoms with Crippen molar-refractivity contribution in [1.29, 1.82) is 0 Å². The van der Waals surface area contributed by atoms with Crippen LogP contribution in [0.2, 0.25) is 0 Å². The molecule has 0 fully saturated rings. The van der Waals surface area contributed by atoms with E-state index >= 15 is 0 Å². The summed E-state index contributed by atoms with van der Waals surface area (Å²) >= 11 is 5.46. The number of halogens is 1. The minimum atomic E-state index is -0.460. The van der Waals surface area contributed by atoms with Crippen LogP contribution in [-0.4, -0.2) is 42.2 Å². The number of carbonyl (C=O) groups excluding carboxylic acids is 2. The number of hydrogen-bond donors (Lipinski definition) is 1. The summed E-state index contributed by atoms with van der Waals surface area (Å²) in [5.41, 5.74) is 0. The molecule has 0 heterocycles. The fraction of sp³-hybridized carbons (Fsp3) is 0.800. The fourth-order valence-electron chi connectivity index (χ4n) is 1.09. The molecule has 0 aliphatic rings. The molecule has 0 saturated carbocycles. The molecule has 0 radical (unpaired) electrons. The average Bonchev–Trinajstić information content (AvgIpc) is 2.23. The van der Waals surface area contributed by atoms with Crippen molar-refractivity contribution in [2.75, 3.05) is 19.5 Å². The van der Waals surface area contributed by atoms with Gasteiger partial charge in [0.05, 0.1) is 0 Å². The maximum absolute atomic E-state index is 11.6. The van der Waals surface area contributed by atoms with Gasteiger partial charge >= 0.3 is 0 Å². The highest BCUT2D eigenvalue weighted by molar-refractivity contribution is 6.17. The second kappa shape index (κ2) is 7.51. The van der Waals surface area contributed by atoms with Crippen LogP contribution in [-0.2, 0) is 9.59 Å². The van der Waals surface area contributed by atoms with Gasteiger partial charge in [0.15, 0.2) is 0 Å². The van der Waals surface area contributed by atoms with Gasteiger partial charge in [0, 0.05) is 25.9 Å². The van der Waals surface area contributed by atoms with Gasteiger partial charge in [-0.25, -0.2) is 0 Å². The number of alkyl halides is 1. The standard InChI is InChI=1S/C10H19ClN2O2/c1-4-13(3)10(15)8(2)12-9(14)6-5-7-11/h8H,4-7H2,1-3H3,(H,12,14). The van der Waals surface area contributed by atoms with E-state index < -0.39 is 6.04 Å². The maximum Gasteiger partial charge on any atom is 0.244 e. The van der Waals surface area contributed by atoms with Crippen LogP contribution in [0.25, 0.3) is 0 Å². The van der Waals surface area contributed by atoms with E-state index in [1.54, 1.807) is 18.9 Å². The van der Waals surface area contributed by atoms with Crippen LogP contribution < -0.4 is 5.32 Å². The Hall–Kier alpha value is -0.770. The predicted octanol–water partition coefficient (Wildman–Crippen LogP) is 0.988. The molecule has 0 aliphatic heterocycles. The van der Waals surface area contributed by atoms with Gasteiger partial charge in [-0.1, -0.05) is 0 Å². The van der Waals surface area contributed by atoms with Crippen molar-refractivity contribution in [2.45, 2.75) is 32.7 Å². The summed E-state index contributed by atoms with van der Waals surface area (Å²) in [6, 6.07) is -0.460. The summed E-state index contributed by atoms with van der Waals surface area (Å²) < 4.78 is 0. The summed E-state index contributed by atoms with van der Waals surface area (Å²) in [6.07, 6.45) is 1.01. The Bertz CT molecular complexity index is 221. The van der Waals surface area contributed by atoms with Gasteiger partial charge in [-0.2, -0.15) is 0 Å². The topological polar surface area (TPSA) is 49.4 Å². The minimum Gasteiger partial charge on any atom is -0.345 e. The van der Waals surface area contributed by atoms with Crippen molar-refractivity contribution < 1.29 is 9.59 Å². The number of nitrogens with zero attached hydrogens (tertiary/aromatic N) is 1. The molecule has 15 heavy (non-hydrogen) atoms. The fourth-order valence-corrected chi connectivity index (χ4v) is 1.22. The number of rotatable bonds is 6. The summed E-state index contributed by atoms with van der Waals surface area (Å²) in [7, 11) is 1.71. The number of carbonyl (C=O) groups is 2. The van der Waals surface area contributed by atoms with E-state index in [4.69, 9.17) is 11.6 Å². The van der Waals surface area contributed by atoms with E-state index in [1.165, 1.54) is 0 Å². The molecule has 88 valence electrons. The first-order valence-corrected chi connectivity index (χ1v) is 5.66. The molecule has 0 aromatic heterocycles. The molecule has 4 nitrogen and oxygen atoms in total.